The summed E-state index contributed by atoms with van der Waals surface area (Å²) in [5.74, 6) is -0.330. The van der Waals surface area contributed by atoms with Crippen molar-refractivity contribution in [3.8, 4) is 5.88 Å². The van der Waals surface area contributed by atoms with E-state index in [1.807, 2.05) is 13.1 Å². The zero-order valence-electron chi connectivity index (χ0n) is 16.2. The summed E-state index contributed by atoms with van der Waals surface area (Å²) in [7, 11) is 1.46. The molecular formula is C22H20F2N4O. The molecule has 148 valence electrons. The molecule has 0 saturated heterocycles. The van der Waals surface area contributed by atoms with Gasteiger partial charge in [-0.2, -0.15) is 4.39 Å². The van der Waals surface area contributed by atoms with Crippen LogP contribution >= 0.6 is 0 Å². The van der Waals surface area contributed by atoms with Crippen molar-refractivity contribution < 1.29 is 13.5 Å². The zero-order chi connectivity index (χ0) is 20.4. The molecule has 3 aromatic rings. The molecule has 0 fully saturated rings. The lowest BCUT2D eigenvalue weighted by Gasteiger charge is -2.11. The van der Waals surface area contributed by atoms with Crippen LogP contribution < -0.4 is 10.1 Å². The van der Waals surface area contributed by atoms with Crippen molar-refractivity contribution in [2.45, 2.75) is 26.3 Å². The van der Waals surface area contributed by atoms with Gasteiger partial charge in [0.15, 0.2) is 0 Å². The lowest BCUT2D eigenvalue weighted by molar-refractivity contribution is 0.391. The van der Waals surface area contributed by atoms with Crippen LogP contribution in [0.15, 0.2) is 42.7 Å². The number of fused-ring (bicyclic) bond motifs is 1. The molecule has 0 radical (unpaired) electrons. The van der Waals surface area contributed by atoms with E-state index in [1.165, 1.54) is 13.2 Å². The standard InChI is InChI=1S/C22H20F2N4O/c1-13-7-18-14(3-5-19(18)25-10-13)8-15-4-6-20(28-21(15)24)26-11-16-9-17(23)12-27-22(16)29-2/h3-4,6-7,9-10,12H,5,8,11H2,1-2H3,(H,26,28). The highest BCUT2D eigenvalue weighted by Gasteiger charge is 2.18. The van der Waals surface area contributed by atoms with Gasteiger partial charge in [-0.25, -0.2) is 14.4 Å². The minimum absolute atomic E-state index is 0.212. The van der Waals surface area contributed by atoms with Crippen LogP contribution in [-0.4, -0.2) is 22.1 Å². The molecule has 1 aliphatic carbocycles. The number of rotatable bonds is 6. The first-order valence-electron chi connectivity index (χ1n) is 9.26. The van der Waals surface area contributed by atoms with Crippen molar-refractivity contribution in [1.82, 2.24) is 15.0 Å². The smallest absolute Gasteiger partial charge is 0.218 e. The molecule has 5 nitrogen and oxygen atoms in total. The van der Waals surface area contributed by atoms with Crippen molar-refractivity contribution in [2.75, 3.05) is 12.4 Å². The second-order valence-electron chi connectivity index (χ2n) is 6.94. The lowest BCUT2D eigenvalue weighted by Crippen LogP contribution is -2.06. The quantitative estimate of drug-likeness (QED) is 0.633. The second-order valence-corrected chi connectivity index (χ2v) is 6.94. The average molecular weight is 394 g/mol. The van der Waals surface area contributed by atoms with E-state index in [4.69, 9.17) is 4.74 Å². The Morgan fingerprint density at radius 2 is 1.97 bits per heavy atom. The molecule has 0 spiro atoms. The van der Waals surface area contributed by atoms with E-state index in [9.17, 15) is 8.78 Å². The Hall–Kier alpha value is -3.35. The summed E-state index contributed by atoms with van der Waals surface area (Å²) in [6.07, 6.45) is 6.25. The molecule has 4 rings (SSSR count). The largest absolute Gasteiger partial charge is 0.481 e. The van der Waals surface area contributed by atoms with Gasteiger partial charge >= 0.3 is 0 Å². The fourth-order valence-electron chi connectivity index (χ4n) is 3.40. The first-order valence-corrected chi connectivity index (χ1v) is 9.26. The van der Waals surface area contributed by atoms with E-state index in [0.29, 0.717) is 29.2 Å². The molecule has 1 N–H and O–H groups in total. The SMILES string of the molecule is COc1ncc(F)cc1CNc1ccc(CC2=CCc3ncc(C)cc32)c(F)n1. The summed E-state index contributed by atoms with van der Waals surface area (Å²) in [5.41, 5.74) is 5.29. The van der Waals surface area contributed by atoms with Crippen molar-refractivity contribution >= 4 is 11.4 Å². The monoisotopic (exact) mass is 394 g/mol. The Balaban J connectivity index is 1.47. The van der Waals surface area contributed by atoms with E-state index in [-0.39, 0.29) is 6.54 Å². The van der Waals surface area contributed by atoms with Gasteiger partial charge < -0.3 is 10.1 Å². The van der Waals surface area contributed by atoms with Gasteiger partial charge in [0.1, 0.15) is 11.6 Å². The van der Waals surface area contributed by atoms with Crippen LogP contribution in [0, 0.1) is 18.7 Å². The Labute approximate surface area is 167 Å². The van der Waals surface area contributed by atoms with Crippen LogP contribution in [0.1, 0.15) is 27.9 Å². The Morgan fingerprint density at radius 1 is 1.10 bits per heavy atom. The third-order valence-electron chi connectivity index (χ3n) is 4.85. The van der Waals surface area contributed by atoms with E-state index in [2.05, 4.69) is 32.4 Å². The van der Waals surface area contributed by atoms with Crippen molar-refractivity contribution in [3.63, 3.8) is 0 Å². The number of hydrogen-bond acceptors (Lipinski definition) is 5. The predicted octanol–water partition coefficient (Wildman–Crippen LogP) is 4.26. The highest BCUT2D eigenvalue weighted by Crippen LogP contribution is 2.30. The Morgan fingerprint density at radius 3 is 2.76 bits per heavy atom. The molecule has 0 amide bonds. The molecule has 0 atom stereocenters. The van der Waals surface area contributed by atoms with Gasteiger partial charge in [0, 0.05) is 36.7 Å². The summed E-state index contributed by atoms with van der Waals surface area (Å²) in [6, 6.07) is 6.84. The first-order chi connectivity index (χ1) is 14.0. The molecule has 1 aliphatic rings. The highest BCUT2D eigenvalue weighted by molar-refractivity contribution is 5.73. The van der Waals surface area contributed by atoms with Crippen molar-refractivity contribution in [2.24, 2.45) is 0 Å². The second kappa shape index (κ2) is 7.95. The van der Waals surface area contributed by atoms with Crippen LogP contribution in [0.2, 0.25) is 0 Å². The molecule has 0 bridgehead atoms. The normalized spacial score (nSPS) is 12.5. The maximum atomic E-state index is 14.6. The zero-order valence-corrected chi connectivity index (χ0v) is 16.2. The number of allylic oxidation sites excluding steroid dienone is 2. The predicted molar refractivity (Wildman–Crippen MR) is 107 cm³/mol. The molecule has 29 heavy (non-hydrogen) atoms. The number of pyridine rings is 3. The molecule has 7 heteroatoms. The van der Waals surface area contributed by atoms with Crippen LogP contribution in [0.25, 0.3) is 5.57 Å². The Kier molecular flexibility index (Phi) is 5.20. The molecule has 0 saturated carbocycles. The fourth-order valence-corrected chi connectivity index (χ4v) is 3.40. The molecule has 3 aromatic heterocycles. The van der Waals surface area contributed by atoms with E-state index in [0.717, 1.165) is 35.0 Å². The molecular weight excluding hydrogens is 374 g/mol. The summed E-state index contributed by atoms with van der Waals surface area (Å²) >= 11 is 0. The first kappa shape index (κ1) is 19.0. The third-order valence-corrected chi connectivity index (χ3v) is 4.85. The lowest BCUT2D eigenvalue weighted by atomic mass is 10.0. The van der Waals surface area contributed by atoms with Gasteiger partial charge in [-0.1, -0.05) is 12.1 Å². The van der Waals surface area contributed by atoms with Gasteiger partial charge in [0.25, 0.3) is 0 Å². The van der Waals surface area contributed by atoms with E-state index >= 15 is 0 Å². The molecule has 0 unspecified atom stereocenters. The molecule has 0 aliphatic heterocycles. The van der Waals surface area contributed by atoms with E-state index in [1.54, 1.807) is 12.1 Å². The van der Waals surface area contributed by atoms with Crippen LogP contribution in [0.4, 0.5) is 14.6 Å². The summed E-state index contributed by atoms with van der Waals surface area (Å²) in [6.45, 7) is 2.21. The maximum Gasteiger partial charge on any atom is 0.218 e. The van der Waals surface area contributed by atoms with Crippen LogP contribution in [-0.2, 0) is 19.4 Å². The number of aryl methyl sites for hydroxylation is 1. The summed E-state index contributed by atoms with van der Waals surface area (Å²) < 4.78 is 33.1. The van der Waals surface area contributed by atoms with E-state index < -0.39 is 11.8 Å². The topological polar surface area (TPSA) is 59.9 Å². The summed E-state index contributed by atoms with van der Waals surface area (Å²) in [5, 5.41) is 2.99. The average Bonchev–Trinajstić information content (AvgIpc) is 3.10. The van der Waals surface area contributed by atoms with Gasteiger partial charge in [-0.15, -0.1) is 0 Å². The molecule has 3 heterocycles. The third kappa shape index (κ3) is 4.08. The molecule has 0 aromatic carbocycles. The number of nitrogens with zero attached hydrogens (tertiary/aromatic N) is 3. The number of nitrogens with one attached hydrogen (secondary N) is 1. The number of anilines is 1. The number of hydrogen-bond donors (Lipinski definition) is 1. The van der Waals surface area contributed by atoms with Gasteiger partial charge in [-0.3, -0.25) is 4.98 Å². The minimum atomic E-state index is -0.533. The van der Waals surface area contributed by atoms with Gasteiger partial charge in [0.2, 0.25) is 11.8 Å². The Bertz CT molecular complexity index is 1100. The van der Waals surface area contributed by atoms with Crippen molar-refractivity contribution in [1.29, 1.82) is 0 Å². The maximum absolute atomic E-state index is 14.6. The van der Waals surface area contributed by atoms with Gasteiger partial charge in [0.05, 0.1) is 19.0 Å². The number of aromatic nitrogens is 3. The fraction of sp³-hybridized carbons (Fsp3) is 0.227. The minimum Gasteiger partial charge on any atom is -0.481 e. The van der Waals surface area contributed by atoms with Crippen molar-refractivity contribution in [3.05, 3.63) is 82.4 Å². The van der Waals surface area contributed by atoms with Gasteiger partial charge in [-0.05, 0) is 41.8 Å². The summed E-state index contributed by atoms with van der Waals surface area (Å²) in [4.78, 5) is 12.3. The van der Waals surface area contributed by atoms with Crippen LogP contribution in [0.5, 0.6) is 5.88 Å². The number of halogens is 2. The highest BCUT2D eigenvalue weighted by atomic mass is 19.1. The number of ether oxygens (including phenoxy) is 1. The van der Waals surface area contributed by atoms with Crippen LogP contribution in [0.3, 0.4) is 0 Å². The number of methoxy groups -OCH3 is 1.